The largest absolute Gasteiger partial charge is 0.396 e. The molecule has 0 bridgehead atoms. The van der Waals surface area contributed by atoms with Crippen molar-refractivity contribution in [1.82, 2.24) is 0 Å². The smallest absolute Gasteiger partial charge is 0.146 e. The molecule has 3 aromatic carbocycles. The molecule has 0 amide bonds. The molecular formula is C19H16FN. The lowest BCUT2D eigenvalue weighted by Crippen LogP contribution is -1.94. The zero-order chi connectivity index (χ0) is 14.7. The lowest BCUT2D eigenvalue weighted by atomic mass is 9.99. The molecule has 2 N–H and O–H groups in total. The van der Waals surface area contributed by atoms with Gasteiger partial charge in [0.05, 0.1) is 5.69 Å². The summed E-state index contributed by atoms with van der Waals surface area (Å²) in [5, 5.41) is 0. The van der Waals surface area contributed by atoms with Gasteiger partial charge in [0.1, 0.15) is 5.82 Å². The molecule has 0 unspecified atom stereocenters. The lowest BCUT2D eigenvalue weighted by molar-refractivity contribution is 0.633. The van der Waals surface area contributed by atoms with Crippen molar-refractivity contribution in [3.8, 4) is 11.1 Å². The Kier molecular flexibility index (Phi) is 3.69. The highest BCUT2D eigenvalue weighted by Crippen LogP contribution is 2.28. The van der Waals surface area contributed by atoms with Gasteiger partial charge in [-0.15, -0.1) is 0 Å². The monoisotopic (exact) mass is 277 g/mol. The van der Waals surface area contributed by atoms with Crippen LogP contribution < -0.4 is 5.73 Å². The van der Waals surface area contributed by atoms with Crippen molar-refractivity contribution < 1.29 is 4.39 Å². The maximum absolute atomic E-state index is 13.5. The van der Waals surface area contributed by atoms with Gasteiger partial charge in [-0.05, 0) is 29.2 Å². The Labute approximate surface area is 123 Å². The van der Waals surface area contributed by atoms with E-state index in [0.29, 0.717) is 0 Å². The second-order valence-corrected chi connectivity index (χ2v) is 5.06. The van der Waals surface area contributed by atoms with E-state index in [2.05, 4.69) is 24.3 Å². The first-order valence-electron chi connectivity index (χ1n) is 6.91. The molecule has 3 aromatic rings. The molecule has 2 heteroatoms. The third kappa shape index (κ3) is 2.95. The second-order valence-electron chi connectivity index (χ2n) is 5.06. The van der Waals surface area contributed by atoms with Crippen molar-refractivity contribution >= 4 is 5.69 Å². The van der Waals surface area contributed by atoms with Crippen LogP contribution in [-0.2, 0) is 6.42 Å². The van der Waals surface area contributed by atoms with Crippen molar-refractivity contribution in [3.05, 3.63) is 89.7 Å². The number of hydrogen-bond acceptors (Lipinski definition) is 1. The van der Waals surface area contributed by atoms with Gasteiger partial charge in [-0.2, -0.15) is 0 Å². The van der Waals surface area contributed by atoms with Gasteiger partial charge in [0.15, 0.2) is 0 Å². The predicted molar refractivity (Wildman–Crippen MR) is 85.5 cm³/mol. The van der Waals surface area contributed by atoms with Crippen LogP contribution in [0.15, 0.2) is 72.8 Å². The van der Waals surface area contributed by atoms with Gasteiger partial charge in [0, 0.05) is 5.56 Å². The summed E-state index contributed by atoms with van der Waals surface area (Å²) in [5.41, 5.74) is 10.2. The second kappa shape index (κ2) is 5.80. The third-order valence-corrected chi connectivity index (χ3v) is 3.57. The molecule has 0 saturated carbocycles. The summed E-state index contributed by atoms with van der Waals surface area (Å²) in [6, 6.07) is 23.3. The number of anilines is 1. The van der Waals surface area contributed by atoms with Gasteiger partial charge in [-0.1, -0.05) is 66.7 Å². The van der Waals surface area contributed by atoms with Crippen LogP contribution in [0.4, 0.5) is 10.1 Å². The number of hydrogen-bond donors (Lipinski definition) is 1. The van der Waals surface area contributed by atoms with Crippen LogP contribution in [0.5, 0.6) is 0 Å². The molecule has 0 saturated heterocycles. The van der Waals surface area contributed by atoms with Gasteiger partial charge < -0.3 is 5.73 Å². The highest BCUT2D eigenvalue weighted by molar-refractivity contribution is 5.76. The van der Waals surface area contributed by atoms with Crippen LogP contribution in [0.25, 0.3) is 11.1 Å². The summed E-state index contributed by atoms with van der Waals surface area (Å²) < 4.78 is 13.5. The average molecular weight is 277 g/mol. The summed E-state index contributed by atoms with van der Waals surface area (Å²) in [5.74, 6) is -0.374. The highest BCUT2D eigenvalue weighted by atomic mass is 19.1. The number of nitrogens with two attached hydrogens (primary N) is 1. The number of benzene rings is 3. The van der Waals surface area contributed by atoms with Crippen LogP contribution in [-0.4, -0.2) is 0 Å². The predicted octanol–water partition coefficient (Wildman–Crippen LogP) is 4.67. The zero-order valence-electron chi connectivity index (χ0n) is 11.6. The van der Waals surface area contributed by atoms with Crippen molar-refractivity contribution in [1.29, 1.82) is 0 Å². The van der Waals surface area contributed by atoms with Crippen LogP contribution in [0.2, 0.25) is 0 Å². The first-order chi connectivity index (χ1) is 10.2. The van der Waals surface area contributed by atoms with Crippen molar-refractivity contribution in [2.45, 2.75) is 6.42 Å². The van der Waals surface area contributed by atoms with Gasteiger partial charge in [0.25, 0.3) is 0 Å². The van der Waals surface area contributed by atoms with E-state index in [9.17, 15) is 4.39 Å². The molecule has 0 radical (unpaired) electrons. The normalized spacial score (nSPS) is 10.5. The van der Waals surface area contributed by atoms with E-state index in [-0.39, 0.29) is 11.5 Å². The highest BCUT2D eigenvalue weighted by Gasteiger charge is 2.06. The Balaban J connectivity index is 1.86. The minimum absolute atomic E-state index is 0.202. The molecule has 0 aliphatic heterocycles. The van der Waals surface area contributed by atoms with Gasteiger partial charge in [0.2, 0.25) is 0 Å². The maximum atomic E-state index is 13.5. The van der Waals surface area contributed by atoms with Crippen molar-refractivity contribution in [2.24, 2.45) is 0 Å². The molecule has 21 heavy (non-hydrogen) atoms. The quantitative estimate of drug-likeness (QED) is 0.692. The summed E-state index contributed by atoms with van der Waals surface area (Å²) in [7, 11) is 0. The van der Waals surface area contributed by atoms with E-state index >= 15 is 0 Å². The molecule has 0 heterocycles. The third-order valence-electron chi connectivity index (χ3n) is 3.57. The van der Waals surface area contributed by atoms with Crippen molar-refractivity contribution in [2.75, 3.05) is 5.73 Å². The molecule has 0 aliphatic rings. The Bertz CT molecular complexity index is 733. The first-order valence-corrected chi connectivity index (χ1v) is 6.91. The van der Waals surface area contributed by atoms with Crippen LogP contribution in [0.1, 0.15) is 11.1 Å². The number of para-hydroxylation sites is 1. The van der Waals surface area contributed by atoms with E-state index in [4.69, 9.17) is 5.73 Å². The van der Waals surface area contributed by atoms with Gasteiger partial charge in [-0.25, -0.2) is 4.39 Å². The number of halogens is 1. The minimum atomic E-state index is -0.374. The topological polar surface area (TPSA) is 26.0 Å². The van der Waals surface area contributed by atoms with Crippen molar-refractivity contribution in [3.63, 3.8) is 0 Å². The fourth-order valence-electron chi connectivity index (χ4n) is 2.42. The van der Waals surface area contributed by atoms with E-state index < -0.39 is 0 Å². The summed E-state index contributed by atoms with van der Waals surface area (Å²) in [6.45, 7) is 0. The summed E-state index contributed by atoms with van der Waals surface area (Å²) in [4.78, 5) is 0. The Morgan fingerprint density at radius 3 is 2.10 bits per heavy atom. The molecule has 0 fully saturated rings. The van der Waals surface area contributed by atoms with Crippen LogP contribution >= 0.6 is 0 Å². The van der Waals surface area contributed by atoms with E-state index in [0.717, 1.165) is 17.5 Å². The Hall–Kier alpha value is -2.61. The first kappa shape index (κ1) is 13.4. The SMILES string of the molecule is Nc1c(F)cccc1-c1ccc(Cc2ccccc2)cc1. The molecule has 0 atom stereocenters. The summed E-state index contributed by atoms with van der Waals surface area (Å²) in [6.07, 6.45) is 0.889. The number of rotatable bonds is 3. The van der Waals surface area contributed by atoms with E-state index in [1.54, 1.807) is 6.07 Å². The van der Waals surface area contributed by atoms with E-state index in [1.165, 1.54) is 17.2 Å². The van der Waals surface area contributed by atoms with Gasteiger partial charge in [-0.3, -0.25) is 0 Å². The fraction of sp³-hybridized carbons (Fsp3) is 0.0526. The van der Waals surface area contributed by atoms with Crippen LogP contribution in [0.3, 0.4) is 0 Å². The fourth-order valence-corrected chi connectivity index (χ4v) is 2.42. The number of nitrogen functional groups attached to an aromatic ring is 1. The molecule has 0 aliphatic carbocycles. The molecular weight excluding hydrogens is 261 g/mol. The summed E-state index contributed by atoms with van der Waals surface area (Å²) >= 11 is 0. The zero-order valence-corrected chi connectivity index (χ0v) is 11.6. The Morgan fingerprint density at radius 2 is 1.38 bits per heavy atom. The van der Waals surface area contributed by atoms with Gasteiger partial charge >= 0.3 is 0 Å². The minimum Gasteiger partial charge on any atom is -0.396 e. The molecule has 3 rings (SSSR count). The molecule has 0 aromatic heterocycles. The molecule has 104 valence electrons. The maximum Gasteiger partial charge on any atom is 0.146 e. The lowest BCUT2D eigenvalue weighted by Gasteiger charge is -2.08. The molecule has 1 nitrogen and oxygen atoms in total. The Morgan fingerprint density at radius 1 is 0.714 bits per heavy atom. The molecule has 0 spiro atoms. The van der Waals surface area contributed by atoms with Crippen LogP contribution in [0, 0.1) is 5.82 Å². The average Bonchev–Trinajstić information content (AvgIpc) is 2.52. The standard InChI is InChI=1S/C19H16FN/c20-18-8-4-7-17(19(18)21)16-11-9-15(10-12-16)13-14-5-2-1-3-6-14/h1-12H,13,21H2. The van der Waals surface area contributed by atoms with E-state index in [1.807, 2.05) is 36.4 Å².